The number of halogens is 1. The van der Waals surface area contributed by atoms with E-state index in [1.54, 1.807) is 43.3 Å². The highest BCUT2D eigenvalue weighted by molar-refractivity contribution is 5.99. The Balaban J connectivity index is 1.45. The molecule has 0 spiro atoms. The number of carbonyl (C=O) groups excluding carboxylic acids is 1. The van der Waals surface area contributed by atoms with Gasteiger partial charge in [0.2, 0.25) is 5.91 Å². The molecule has 1 aromatic heterocycles. The number of aryl methyl sites for hydroxylation is 1. The summed E-state index contributed by atoms with van der Waals surface area (Å²) >= 11 is 0. The van der Waals surface area contributed by atoms with Crippen molar-refractivity contribution in [1.82, 2.24) is 9.97 Å². The van der Waals surface area contributed by atoms with Crippen LogP contribution >= 0.6 is 0 Å². The first-order valence-electron chi connectivity index (χ1n) is 9.42. The Kier molecular flexibility index (Phi) is 5.02. The predicted molar refractivity (Wildman–Crippen MR) is 112 cm³/mol. The molecule has 1 fully saturated rings. The lowest BCUT2D eigenvalue weighted by Crippen LogP contribution is -2.22. The van der Waals surface area contributed by atoms with Crippen molar-refractivity contribution in [2.45, 2.75) is 19.8 Å². The smallest absolute Gasteiger partial charge is 0.244 e. The Morgan fingerprint density at radius 3 is 2.33 bits per heavy atom. The van der Waals surface area contributed by atoms with Gasteiger partial charge in [0.1, 0.15) is 29.2 Å². The first-order chi connectivity index (χ1) is 14.5. The molecule has 150 valence electrons. The topological polar surface area (TPSA) is 103 Å². The van der Waals surface area contributed by atoms with E-state index in [2.05, 4.69) is 32.0 Å². The summed E-state index contributed by atoms with van der Waals surface area (Å²) in [4.78, 5) is 20.6. The van der Waals surface area contributed by atoms with Gasteiger partial charge in [0.15, 0.2) is 0 Å². The quantitative estimate of drug-likeness (QED) is 0.554. The van der Waals surface area contributed by atoms with Crippen LogP contribution in [0.1, 0.15) is 18.4 Å². The molecule has 1 amide bonds. The Labute approximate surface area is 173 Å². The molecule has 1 aliphatic carbocycles. The number of rotatable bonds is 6. The number of carbonyl (C=O) groups is 1. The minimum Gasteiger partial charge on any atom is -0.340 e. The maximum Gasteiger partial charge on any atom is 0.244 e. The van der Waals surface area contributed by atoms with Gasteiger partial charge in [-0.3, -0.25) is 4.79 Å². The molecule has 3 N–H and O–H groups in total. The fraction of sp³-hybridized carbons (Fsp3) is 0.182. The molecule has 0 bridgehead atoms. The average molecular weight is 402 g/mol. The summed E-state index contributed by atoms with van der Waals surface area (Å²) in [5, 5.41) is 18.2. The van der Waals surface area contributed by atoms with Crippen LogP contribution in [0.25, 0.3) is 0 Å². The van der Waals surface area contributed by atoms with Crippen molar-refractivity contribution in [3.63, 3.8) is 0 Å². The second-order valence-corrected chi connectivity index (χ2v) is 7.23. The van der Waals surface area contributed by atoms with Gasteiger partial charge in [-0.15, -0.1) is 0 Å². The van der Waals surface area contributed by atoms with Crippen molar-refractivity contribution in [3.8, 4) is 6.07 Å². The van der Waals surface area contributed by atoms with E-state index in [-0.39, 0.29) is 11.7 Å². The molecular weight excluding hydrogens is 383 g/mol. The first kappa shape index (κ1) is 19.3. The SMILES string of the molecule is Cc1cc(Nc2cc(Nc3cccc(NC(=O)C4(C#N)CC4)c3)ncn2)ccc1F. The number of benzene rings is 2. The lowest BCUT2D eigenvalue weighted by molar-refractivity contribution is -0.119. The number of hydrogen-bond acceptors (Lipinski definition) is 6. The summed E-state index contributed by atoms with van der Waals surface area (Å²) in [6.07, 6.45) is 2.60. The molecule has 1 saturated carbocycles. The van der Waals surface area contributed by atoms with Crippen LogP contribution in [0.4, 0.5) is 33.1 Å². The highest BCUT2D eigenvalue weighted by Gasteiger charge is 2.50. The molecule has 2 aromatic carbocycles. The van der Waals surface area contributed by atoms with Crippen molar-refractivity contribution in [3.05, 3.63) is 66.2 Å². The number of amides is 1. The number of aromatic nitrogens is 2. The highest BCUT2D eigenvalue weighted by atomic mass is 19.1. The number of nitriles is 1. The van der Waals surface area contributed by atoms with Crippen molar-refractivity contribution >= 4 is 34.6 Å². The van der Waals surface area contributed by atoms with Crippen molar-refractivity contribution in [1.29, 1.82) is 5.26 Å². The van der Waals surface area contributed by atoms with E-state index >= 15 is 0 Å². The fourth-order valence-electron chi connectivity index (χ4n) is 2.95. The minimum absolute atomic E-state index is 0.264. The van der Waals surface area contributed by atoms with Gasteiger partial charge in [-0.25, -0.2) is 14.4 Å². The lowest BCUT2D eigenvalue weighted by Gasteiger charge is -2.12. The zero-order chi connectivity index (χ0) is 21.1. The van der Waals surface area contributed by atoms with E-state index in [0.29, 0.717) is 35.7 Å². The van der Waals surface area contributed by atoms with Gasteiger partial charge in [0.25, 0.3) is 0 Å². The monoisotopic (exact) mass is 402 g/mol. The van der Waals surface area contributed by atoms with Gasteiger partial charge in [0, 0.05) is 23.1 Å². The summed E-state index contributed by atoms with van der Waals surface area (Å²) in [6, 6.07) is 15.7. The Bertz CT molecular complexity index is 1150. The summed E-state index contributed by atoms with van der Waals surface area (Å²) < 4.78 is 13.4. The van der Waals surface area contributed by atoms with Crippen molar-refractivity contribution in [2.24, 2.45) is 5.41 Å². The molecule has 0 aliphatic heterocycles. The van der Waals surface area contributed by atoms with Gasteiger partial charge in [-0.2, -0.15) is 5.26 Å². The van der Waals surface area contributed by atoms with Gasteiger partial charge in [-0.1, -0.05) is 6.07 Å². The van der Waals surface area contributed by atoms with E-state index in [4.69, 9.17) is 5.26 Å². The summed E-state index contributed by atoms with van der Waals surface area (Å²) in [5.74, 6) is 0.559. The van der Waals surface area contributed by atoms with Crippen molar-refractivity contribution < 1.29 is 9.18 Å². The van der Waals surface area contributed by atoms with Crippen LogP contribution in [-0.2, 0) is 4.79 Å². The third-order valence-electron chi connectivity index (χ3n) is 4.89. The zero-order valence-corrected chi connectivity index (χ0v) is 16.2. The van der Waals surface area contributed by atoms with Crippen molar-refractivity contribution in [2.75, 3.05) is 16.0 Å². The number of nitrogens with one attached hydrogen (secondary N) is 3. The molecule has 4 rings (SSSR count). The first-order valence-corrected chi connectivity index (χ1v) is 9.42. The maximum absolute atomic E-state index is 13.4. The normalized spacial score (nSPS) is 13.8. The number of nitrogens with zero attached hydrogens (tertiary/aromatic N) is 3. The fourth-order valence-corrected chi connectivity index (χ4v) is 2.95. The minimum atomic E-state index is -0.880. The second kappa shape index (κ2) is 7.79. The Morgan fingerprint density at radius 1 is 1.03 bits per heavy atom. The second-order valence-electron chi connectivity index (χ2n) is 7.23. The summed E-state index contributed by atoms with van der Waals surface area (Å²) in [5.41, 5.74) is 1.69. The predicted octanol–water partition coefficient (Wildman–Crippen LogP) is 4.65. The molecule has 3 aromatic rings. The third kappa shape index (κ3) is 4.20. The van der Waals surface area contributed by atoms with Crippen LogP contribution in [0.2, 0.25) is 0 Å². The van der Waals surface area contributed by atoms with Crippen LogP contribution in [-0.4, -0.2) is 15.9 Å². The van der Waals surface area contributed by atoms with Gasteiger partial charge in [-0.05, 0) is 61.7 Å². The van der Waals surface area contributed by atoms with E-state index in [9.17, 15) is 9.18 Å². The number of hydrogen-bond donors (Lipinski definition) is 3. The summed E-state index contributed by atoms with van der Waals surface area (Å²) in [6.45, 7) is 1.70. The van der Waals surface area contributed by atoms with E-state index in [1.807, 2.05) is 6.07 Å². The highest BCUT2D eigenvalue weighted by Crippen LogP contribution is 2.45. The third-order valence-corrected chi connectivity index (χ3v) is 4.89. The van der Waals surface area contributed by atoms with Crippen LogP contribution in [0.5, 0.6) is 0 Å². The van der Waals surface area contributed by atoms with Crippen LogP contribution < -0.4 is 16.0 Å². The molecular formula is C22H19FN6O. The van der Waals surface area contributed by atoms with Crippen LogP contribution in [0, 0.1) is 29.5 Å². The van der Waals surface area contributed by atoms with E-state index in [0.717, 1.165) is 11.4 Å². The van der Waals surface area contributed by atoms with E-state index < -0.39 is 5.41 Å². The molecule has 7 nitrogen and oxygen atoms in total. The van der Waals surface area contributed by atoms with Crippen LogP contribution in [0.15, 0.2) is 54.9 Å². The van der Waals surface area contributed by atoms with Crippen LogP contribution in [0.3, 0.4) is 0 Å². The molecule has 0 atom stereocenters. The average Bonchev–Trinajstić information content (AvgIpc) is 3.53. The Morgan fingerprint density at radius 2 is 1.70 bits per heavy atom. The van der Waals surface area contributed by atoms with Gasteiger partial charge >= 0.3 is 0 Å². The molecule has 30 heavy (non-hydrogen) atoms. The summed E-state index contributed by atoms with van der Waals surface area (Å²) in [7, 11) is 0. The largest absolute Gasteiger partial charge is 0.340 e. The zero-order valence-electron chi connectivity index (χ0n) is 16.2. The molecule has 1 heterocycles. The maximum atomic E-state index is 13.4. The molecule has 0 saturated heterocycles. The molecule has 0 unspecified atom stereocenters. The Hall–Kier alpha value is -3.99. The number of anilines is 5. The molecule has 1 aliphatic rings. The lowest BCUT2D eigenvalue weighted by atomic mass is 10.1. The van der Waals surface area contributed by atoms with E-state index in [1.165, 1.54) is 12.4 Å². The van der Waals surface area contributed by atoms with Gasteiger partial charge in [0.05, 0.1) is 6.07 Å². The standard InChI is InChI=1S/C22H19FN6O/c1-14-9-17(5-6-18(14)23)28-20-11-19(25-13-26-20)27-15-3-2-4-16(10-15)29-21(30)22(12-24)7-8-22/h2-6,9-11,13H,7-8H2,1H3,(H,29,30)(H2,25,26,27,28). The molecule has 8 heteroatoms. The van der Waals surface area contributed by atoms with Gasteiger partial charge < -0.3 is 16.0 Å². The molecule has 0 radical (unpaired) electrons.